The second kappa shape index (κ2) is 18.0. The van der Waals surface area contributed by atoms with Crippen molar-refractivity contribution in [2.45, 2.75) is 113 Å². The Balaban J connectivity index is 0.887. The number of nitro groups is 1. The lowest BCUT2D eigenvalue weighted by Gasteiger charge is -2.56. The number of rotatable bonds is 13. The number of aromatic nitrogens is 3. The van der Waals surface area contributed by atoms with Gasteiger partial charge in [-0.15, -0.1) is 11.3 Å². The smallest absolute Gasteiger partial charge is 0.295 e. The van der Waals surface area contributed by atoms with Crippen LogP contribution in [0.15, 0.2) is 77.4 Å². The molecule has 68 heavy (non-hydrogen) atoms. The van der Waals surface area contributed by atoms with Gasteiger partial charge in [-0.3, -0.25) is 19.8 Å². The second-order valence-electron chi connectivity index (χ2n) is 20.0. The van der Waals surface area contributed by atoms with Crippen molar-refractivity contribution in [1.82, 2.24) is 24.6 Å². The third-order valence-corrected chi connectivity index (χ3v) is 17.3. The summed E-state index contributed by atoms with van der Waals surface area (Å²) in [5.41, 5.74) is 3.68. The number of aliphatic hydroxyl groups is 1. The number of amides is 1. The number of piperidine rings is 1. The van der Waals surface area contributed by atoms with E-state index in [-0.39, 0.29) is 44.4 Å². The Hall–Kier alpha value is -5.69. The molecule has 4 fully saturated rings. The van der Waals surface area contributed by atoms with Crippen LogP contribution >= 0.6 is 11.3 Å². The number of ether oxygens (including phenoxy) is 1. The second-order valence-corrected chi connectivity index (χ2v) is 22.5. The minimum Gasteiger partial charge on any atom is -0.455 e. The minimum atomic E-state index is -4.85. The number of hydrogen-bond acceptors (Lipinski definition) is 13. The Morgan fingerprint density at radius 1 is 1.06 bits per heavy atom. The van der Waals surface area contributed by atoms with Crippen LogP contribution in [0.2, 0.25) is 0 Å². The van der Waals surface area contributed by atoms with Gasteiger partial charge < -0.3 is 25.0 Å². The Morgan fingerprint density at radius 3 is 2.57 bits per heavy atom. The number of nitrogens with one attached hydrogen (secondary N) is 3. The molecule has 2 aliphatic heterocycles. The number of thiazole rings is 1. The molecule has 5 heterocycles. The highest BCUT2D eigenvalue weighted by molar-refractivity contribution is 7.90. The van der Waals surface area contributed by atoms with Crippen molar-refractivity contribution in [3.8, 4) is 11.5 Å². The first-order valence-corrected chi connectivity index (χ1v) is 26.1. The summed E-state index contributed by atoms with van der Waals surface area (Å²) in [7, 11) is -4.85. The summed E-state index contributed by atoms with van der Waals surface area (Å²) in [6.07, 6.45) is 12.1. The molecule has 4 aliphatic rings. The van der Waals surface area contributed by atoms with E-state index < -0.39 is 48.4 Å². The van der Waals surface area contributed by atoms with E-state index in [0.29, 0.717) is 56.1 Å². The molecule has 1 amide bonds. The molecular weight excluding hydrogens is 908 g/mol. The average molecular weight is 965 g/mol. The van der Waals surface area contributed by atoms with E-state index in [4.69, 9.17) is 4.74 Å². The maximum atomic E-state index is 16.5. The number of pyridine rings is 1. The number of anilines is 2. The van der Waals surface area contributed by atoms with Gasteiger partial charge in [0.25, 0.3) is 21.6 Å². The molecule has 15 nitrogen and oxygen atoms in total. The van der Waals surface area contributed by atoms with Crippen molar-refractivity contribution in [2.75, 3.05) is 36.4 Å². The molecule has 3 aromatic carbocycles. The summed E-state index contributed by atoms with van der Waals surface area (Å²) in [5, 5.41) is 26.8. The topological polar surface area (TPSA) is 196 Å². The highest BCUT2D eigenvalue weighted by Gasteiger charge is 2.50. The van der Waals surface area contributed by atoms with Crippen LogP contribution in [0.3, 0.4) is 0 Å². The zero-order valence-corrected chi connectivity index (χ0v) is 40.1. The third kappa shape index (κ3) is 8.91. The number of likely N-dealkylation sites (tertiary alicyclic amines) is 1. The van der Waals surface area contributed by atoms with Crippen LogP contribution in [-0.4, -0.2) is 82.0 Å². The van der Waals surface area contributed by atoms with Crippen molar-refractivity contribution < 1.29 is 32.4 Å². The zero-order valence-electron chi connectivity index (χ0n) is 38.5. The van der Waals surface area contributed by atoms with Gasteiger partial charge in [0, 0.05) is 55.4 Å². The number of nitrogens with zero attached hydrogens (tertiary/aromatic N) is 5. The van der Waals surface area contributed by atoms with Crippen LogP contribution in [0.1, 0.15) is 118 Å². The number of aromatic amines is 1. The molecule has 3 aromatic heterocycles. The maximum Gasteiger partial charge on any atom is 0.295 e. The molecule has 0 bridgehead atoms. The van der Waals surface area contributed by atoms with Gasteiger partial charge in [0.05, 0.1) is 38.2 Å². The lowest BCUT2D eigenvalue weighted by Crippen LogP contribution is -2.55. The molecule has 0 unspecified atom stereocenters. The van der Waals surface area contributed by atoms with Gasteiger partial charge in [0.2, 0.25) is 0 Å². The van der Waals surface area contributed by atoms with Gasteiger partial charge in [0.1, 0.15) is 39.1 Å². The first-order chi connectivity index (χ1) is 32.6. The van der Waals surface area contributed by atoms with Gasteiger partial charge in [-0.1, -0.05) is 38.1 Å². The summed E-state index contributed by atoms with van der Waals surface area (Å²) < 4.78 is 53.5. The fourth-order valence-electron chi connectivity index (χ4n) is 11.3. The highest BCUT2D eigenvalue weighted by Crippen LogP contribution is 2.54. The third-order valence-electron chi connectivity index (χ3n) is 15.2. The molecule has 18 heteroatoms. The summed E-state index contributed by atoms with van der Waals surface area (Å²) >= 11 is 1.03. The Labute approximate surface area is 398 Å². The van der Waals surface area contributed by atoms with E-state index in [1.807, 2.05) is 9.62 Å². The van der Waals surface area contributed by atoms with E-state index in [1.165, 1.54) is 35.3 Å². The Bertz CT molecular complexity index is 3000. The molecule has 0 radical (unpaired) electrons. The van der Waals surface area contributed by atoms with Gasteiger partial charge in [0.15, 0.2) is 0 Å². The predicted molar refractivity (Wildman–Crippen MR) is 261 cm³/mol. The fraction of sp³-hybridized carbons (Fsp3) is 0.460. The highest BCUT2D eigenvalue weighted by atomic mass is 32.2. The molecule has 2 saturated carbocycles. The Morgan fingerprint density at radius 2 is 1.82 bits per heavy atom. The summed E-state index contributed by atoms with van der Waals surface area (Å²) in [6.45, 7) is 8.97. The molecule has 4 N–H and O–H groups in total. The maximum absolute atomic E-state index is 16.5. The molecular formula is C50H57FN8O7S2. The van der Waals surface area contributed by atoms with E-state index in [1.54, 1.807) is 25.3 Å². The fourth-order valence-corrected chi connectivity index (χ4v) is 13.4. The number of sulfonamides is 1. The SMILES string of the molecule is CC(C)c1ccccc1[C@@H]1CCCN1C1CC2(CCN(c3cc(Oc4cnc5[nH]ccc5c4)c(C(=O)NS(=O)(=O)c4cc([N+](=O)[O-])c(NCC5CCC(C)(O)CC5)c5scnc45)cc3F)CC2)C1. The lowest BCUT2D eigenvalue weighted by atomic mass is 9.59. The molecule has 358 valence electrons. The number of benzene rings is 3. The van der Waals surface area contributed by atoms with Crippen molar-refractivity contribution in [1.29, 1.82) is 0 Å². The number of halogens is 1. The predicted octanol–water partition coefficient (Wildman–Crippen LogP) is 10.2. The molecule has 10 rings (SSSR count). The lowest BCUT2D eigenvalue weighted by molar-refractivity contribution is -0.384. The van der Waals surface area contributed by atoms with Crippen LogP contribution in [0.25, 0.3) is 21.3 Å². The quantitative estimate of drug-likeness (QED) is 0.0633. The van der Waals surface area contributed by atoms with Crippen LogP contribution in [0.4, 0.5) is 21.5 Å². The molecule has 1 spiro atoms. The number of carbonyl (C=O) groups excluding carboxylic acids is 1. The molecule has 1 atom stereocenters. The van der Waals surface area contributed by atoms with E-state index in [0.717, 1.165) is 80.3 Å². The summed E-state index contributed by atoms with van der Waals surface area (Å²) in [6, 6.07) is 16.6. The van der Waals surface area contributed by atoms with Gasteiger partial charge >= 0.3 is 0 Å². The van der Waals surface area contributed by atoms with Crippen molar-refractivity contribution in [2.24, 2.45) is 11.3 Å². The van der Waals surface area contributed by atoms with Crippen molar-refractivity contribution in [3.05, 3.63) is 105 Å². The number of nitro benzene ring substituents is 1. The van der Waals surface area contributed by atoms with E-state index in [9.17, 15) is 28.4 Å². The van der Waals surface area contributed by atoms with Crippen LogP contribution in [0.5, 0.6) is 11.5 Å². The van der Waals surface area contributed by atoms with Crippen LogP contribution in [-0.2, 0) is 10.0 Å². The van der Waals surface area contributed by atoms with Gasteiger partial charge in [-0.05, 0) is 124 Å². The minimum absolute atomic E-state index is 0.0591. The van der Waals surface area contributed by atoms with Gasteiger partial charge in [-0.2, -0.15) is 0 Å². The van der Waals surface area contributed by atoms with Crippen LogP contribution in [0, 0.1) is 27.3 Å². The molecule has 2 saturated heterocycles. The molecule has 6 aromatic rings. The summed E-state index contributed by atoms with van der Waals surface area (Å²) in [4.78, 5) is 41.9. The van der Waals surface area contributed by atoms with Crippen LogP contribution < -0.4 is 19.7 Å². The largest absolute Gasteiger partial charge is 0.455 e. The molecule has 2 aliphatic carbocycles. The van der Waals surface area contributed by atoms with E-state index in [2.05, 4.69) is 63.3 Å². The van der Waals surface area contributed by atoms with Crippen molar-refractivity contribution >= 4 is 65.6 Å². The summed E-state index contributed by atoms with van der Waals surface area (Å²) in [5.74, 6) is -1.18. The normalized spacial score (nSPS) is 22.2. The van der Waals surface area contributed by atoms with Crippen molar-refractivity contribution in [3.63, 3.8) is 0 Å². The van der Waals surface area contributed by atoms with Gasteiger partial charge in [-0.25, -0.2) is 27.5 Å². The Kier molecular flexibility index (Phi) is 12.2. The number of fused-ring (bicyclic) bond motifs is 2. The monoisotopic (exact) mass is 964 g/mol. The number of H-pyrrole nitrogens is 1. The number of hydrogen-bond donors (Lipinski definition) is 4. The number of carbonyl (C=O) groups is 1. The first-order valence-electron chi connectivity index (χ1n) is 23.7. The van der Waals surface area contributed by atoms with E-state index >= 15 is 4.39 Å². The first kappa shape index (κ1) is 46.1. The zero-order chi connectivity index (χ0) is 47.5. The average Bonchev–Trinajstić information content (AvgIpc) is 4.10. The standard InChI is InChI=1S/C50H57FN8O7S2/c1-30(2)35-7-4-5-8-36(35)39-9-6-18-58(39)33-25-50(26-33)15-19-57(20-16-50)40-23-42(66-34-21-32-12-17-52-47(32)54-28-34)37(22-38(40)51)48(60)56-68(64,65)43-24-41(59(62)63)44(46-45(43)55-29-67-46)53-27-31-10-13-49(3,61)14-11-31/h4-5,7-8,12,17,21-24,28-31,33,39,53,61H,6,9-11,13-16,18-20,25-27H2,1-3H3,(H,52,54)(H,56,60)/t31?,39-,49?/m0/s1.